The van der Waals surface area contributed by atoms with Crippen molar-refractivity contribution < 1.29 is 4.74 Å². The first-order valence-corrected chi connectivity index (χ1v) is 9.23. The molecular formula is C20H19N3O2S. The number of benzene rings is 2. The van der Waals surface area contributed by atoms with Crippen LogP contribution in [-0.4, -0.2) is 22.4 Å². The van der Waals surface area contributed by atoms with Gasteiger partial charge in [-0.3, -0.25) is 9.36 Å². The summed E-state index contributed by atoms with van der Waals surface area (Å²) in [6, 6.07) is 15.2. The van der Waals surface area contributed by atoms with E-state index in [4.69, 9.17) is 10.00 Å². The topological polar surface area (TPSA) is 67.9 Å². The van der Waals surface area contributed by atoms with Gasteiger partial charge in [0.05, 0.1) is 35.7 Å². The quantitative estimate of drug-likeness (QED) is 0.506. The summed E-state index contributed by atoms with van der Waals surface area (Å²) in [7, 11) is 1.58. The van der Waals surface area contributed by atoms with E-state index in [2.05, 4.69) is 11.1 Å². The van der Waals surface area contributed by atoms with Crippen LogP contribution in [0.5, 0.6) is 5.75 Å². The Hall–Kier alpha value is -2.78. The van der Waals surface area contributed by atoms with Crippen LogP contribution in [0.15, 0.2) is 52.4 Å². The van der Waals surface area contributed by atoms with E-state index in [1.54, 1.807) is 17.7 Å². The lowest BCUT2D eigenvalue weighted by Crippen LogP contribution is -2.22. The first-order chi connectivity index (χ1) is 12.5. The molecule has 3 rings (SSSR count). The molecular weight excluding hydrogens is 346 g/mol. The fourth-order valence-corrected chi connectivity index (χ4v) is 3.58. The first kappa shape index (κ1) is 18.0. The van der Waals surface area contributed by atoms with Crippen LogP contribution in [0.25, 0.3) is 16.6 Å². The van der Waals surface area contributed by atoms with E-state index in [9.17, 15) is 4.79 Å². The third-order valence-electron chi connectivity index (χ3n) is 4.00. The molecule has 0 aliphatic rings. The number of nitrogens with zero attached hydrogens (tertiary/aromatic N) is 3. The molecule has 0 fully saturated rings. The predicted molar refractivity (Wildman–Crippen MR) is 104 cm³/mol. The Labute approximate surface area is 156 Å². The predicted octanol–water partition coefficient (Wildman–Crippen LogP) is 3.95. The second kappa shape index (κ2) is 7.63. The number of aromatic nitrogens is 2. The monoisotopic (exact) mass is 365 g/mol. The number of rotatable bonds is 5. The minimum Gasteiger partial charge on any atom is -0.495 e. The fraction of sp³-hybridized carbons (Fsp3) is 0.250. The van der Waals surface area contributed by atoms with Crippen LogP contribution in [0.2, 0.25) is 0 Å². The zero-order chi connectivity index (χ0) is 18.7. The Morgan fingerprint density at radius 3 is 2.81 bits per heavy atom. The van der Waals surface area contributed by atoms with Gasteiger partial charge in [0.15, 0.2) is 5.16 Å². The maximum absolute atomic E-state index is 13.2. The first-order valence-electron chi connectivity index (χ1n) is 8.24. The normalized spacial score (nSPS) is 11.9. The minimum absolute atomic E-state index is 0.142. The molecule has 0 radical (unpaired) electrons. The van der Waals surface area contributed by atoms with Gasteiger partial charge >= 0.3 is 0 Å². The van der Waals surface area contributed by atoms with Crippen LogP contribution in [0.3, 0.4) is 0 Å². The second-order valence-electron chi connectivity index (χ2n) is 6.07. The Balaban J connectivity index is 2.28. The Bertz CT molecular complexity index is 1050. The third-order valence-corrected chi connectivity index (χ3v) is 5.20. The number of hydrogen-bond donors (Lipinski definition) is 0. The molecule has 0 unspecified atom stereocenters. The fourth-order valence-electron chi connectivity index (χ4n) is 2.63. The van der Waals surface area contributed by atoms with Gasteiger partial charge in [0.25, 0.3) is 5.56 Å². The molecule has 0 amide bonds. The van der Waals surface area contributed by atoms with Gasteiger partial charge < -0.3 is 4.74 Å². The van der Waals surface area contributed by atoms with Crippen LogP contribution >= 0.6 is 11.8 Å². The van der Waals surface area contributed by atoms with Crippen molar-refractivity contribution in [3.05, 3.63) is 58.4 Å². The van der Waals surface area contributed by atoms with Crippen molar-refractivity contribution in [2.75, 3.05) is 12.9 Å². The average Bonchev–Trinajstić information content (AvgIpc) is 2.66. The van der Waals surface area contributed by atoms with Gasteiger partial charge in [0, 0.05) is 5.75 Å². The number of hydrogen-bond acceptors (Lipinski definition) is 5. The van der Waals surface area contributed by atoms with E-state index >= 15 is 0 Å². The molecule has 0 N–H and O–H groups in total. The molecule has 0 aliphatic carbocycles. The molecule has 2 aromatic carbocycles. The zero-order valence-corrected chi connectivity index (χ0v) is 15.7. The molecule has 26 heavy (non-hydrogen) atoms. The third kappa shape index (κ3) is 3.44. The molecule has 0 aliphatic heterocycles. The van der Waals surface area contributed by atoms with E-state index < -0.39 is 0 Å². The molecule has 132 valence electrons. The summed E-state index contributed by atoms with van der Waals surface area (Å²) >= 11 is 1.40. The van der Waals surface area contributed by atoms with Crippen molar-refractivity contribution >= 4 is 22.7 Å². The van der Waals surface area contributed by atoms with Gasteiger partial charge in [-0.15, -0.1) is 0 Å². The molecule has 6 heteroatoms. The Morgan fingerprint density at radius 2 is 2.08 bits per heavy atom. The molecule has 1 aromatic heterocycles. The van der Waals surface area contributed by atoms with E-state index in [0.29, 0.717) is 33.2 Å². The van der Waals surface area contributed by atoms with Gasteiger partial charge in [-0.25, -0.2) is 4.98 Å². The number of nitriles is 1. The van der Waals surface area contributed by atoms with E-state index in [0.717, 1.165) is 5.56 Å². The van der Waals surface area contributed by atoms with Gasteiger partial charge in [0.1, 0.15) is 5.75 Å². The second-order valence-corrected chi connectivity index (χ2v) is 7.06. The van der Waals surface area contributed by atoms with Gasteiger partial charge in [-0.05, 0) is 43.7 Å². The summed E-state index contributed by atoms with van der Waals surface area (Å²) in [5.41, 5.74) is 2.17. The average molecular weight is 365 g/mol. The van der Waals surface area contributed by atoms with Crippen molar-refractivity contribution in [3.63, 3.8) is 0 Å². The highest BCUT2D eigenvalue weighted by Gasteiger charge is 2.17. The maximum atomic E-state index is 13.2. The van der Waals surface area contributed by atoms with Crippen LogP contribution in [0.1, 0.15) is 12.5 Å². The van der Waals surface area contributed by atoms with Crippen molar-refractivity contribution in [2.45, 2.75) is 19.0 Å². The number of thioether (sulfide) groups is 1. The summed E-state index contributed by atoms with van der Waals surface area (Å²) in [6.07, 6.45) is 0. The highest BCUT2D eigenvalue weighted by molar-refractivity contribution is 7.99. The minimum atomic E-state index is -0.147. The summed E-state index contributed by atoms with van der Waals surface area (Å²) in [5.74, 6) is 1.01. The summed E-state index contributed by atoms with van der Waals surface area (Å²) in [6.45, 7) is 3.82. The lowest BCUT2D eigenvalue weighted by Gasteiger charge is -2.16. The lowest BCUT2D eigenvalue weighted by atomic mass is 10.2. The smallest absolute Gasteiger partial charge is 0.266 e. The summed E-state index contributed by atoms with van der Waals surface area (Å²) in [4.78, 5) is 17.9. The molecule has 0 saturated heterocycles. The zero-order valence-electron chi connectivity index (χ0n) is 14.9. The molecule has 0 bridgehead atoms. The van der Waals surface area contributed by atoms with Gasteiger partial charge in [-0.1, -0.05) is 30.0 Å². The Morgan fingerprint density at radius 1 is 1.31 bits per heavy atom. The summed E-state index contributed by atoms with van der Waals surface area (Å²) in [5, 5.41) is 10.2. The SMILES string of the molecule is COc1ccc(C)cc1-n1c(SC[C@@H](C)C#N)nc2ccccc2c1=O. The number of aryl methyl sites for hydroxylation is 1. The van der Waals surface area contributed by atoms with Crippen molar-refractivity contribution in [2.24, 2.45) is 5.92 Å². The maximum Gasteiger partial charge on any atom is 0.266 e. The lowest BCUT2D eigenvalue weighted by molar-refractivity contribution is 0.411. The largest absolute Gasteiger partial charge is 0.495 e. The molecule has 0 spiro atoms. The highest BCUT2D eigenvalue weighted by atomic mass is 32.2. The van der Waals surface area contributed by atoms with E-state index in [1.807, 2.05) is 50.2 Å². The van der Waals surface area contributed by atoms with Crippen molar-refractivity contribution in [3.8, 4) is 17.5 Å². The molecule has 1 atom stereocenters. The Kier molecular flexibility index (Phi) is 5.29. The van der Waals surface area contributed by atoms with Gasteiger partial charge in [0.2, 0.25) is 0 Å². The van der Waals surface area contributed by atoms with Crippen LogP contribution in [0.4, 0.5) is 0 Å². The van der Waals surface area contributed by atoms with E-state index in [-0.39, 0.29) is 11.5 Å². The number of para-hydroxylation sites is 1. The summed E-state index contributed by atoms with van der Waals surface area (Å²) < 4.78 is 7.06. The van der Waals surface area contributed by atoms with Crippen LogP contribution < -0.4 is 10.3 Å². The number of ether oxygens (including phenoxy) is 1. The molecule has 1 heterocycles. The van der Waals surface area contributed by atoms with Gasteiger partial charge in [-0.2, -0.15) is 5.26 Å². The van der Waals surface area contributed by atoms with E-state index in [1.165, 1.54) is 11.8 Å². The molecule has 5 nitrogen and oxygen atoms in total. The number of methoxy groups -OCH3 is 1. The number of fused-ring (bicyclic) bond motifs is 1. The van der Waals surface area contributed by atoms with Crippen molar-refractivity contribution in [1.82, 2.24) is 9.55 Å². The standard InChI is InChI=1S/C20H19N3O2S/c1-13-8-9-18(25-3)17(10-13)23-19(24)15-6-4-5-7-16(15)22-20(23)26-12-14(2)11-21/h4-10,14H,12H2,1-3H3/t14-/m0/s1. The molecule has 3 aromatic rings. The van der Waals surface area contributed by atoms with Crippen LogP contribution in [0, 0.1) is 24.2 Å². The molecule has 0 saturated carbocycles. The van der Waals surface area contributed by atoms with Crippen LogP contribution in [-0.2, 0) is 0 Å². The van der Waals surface area contributed by atoms with Crippen molar-refractivity contribution in [1.29, 1.82) is 5.26 Å². The highest BCUT2D eigenvalue weighted by Crippen LogP contribution is 2.28.